The molecule has 104 valence electrons. The molecule has 3 N–H and O–H groups in total. The van der Waals surface area contributed by atoms with E-state index < -0.39 is 11.5 Å². The Balaban J connectivity index is 2.12. The first-order valence-electron chi connectivity index (χ1n) is 6.49. The van der Waals surface area contributed by atoms with E-state index in [1.54, 1.807) is 12.1 Å². The van der Waals surface area contributed by atoms with E-state index in [2.05, 4.69) is 15.6 Å². The normalized spacial score (nSPS) is 10.2. The van der Waals surface area contributed by atoms with Gasteiger partial charge in [0.1, 0.15) is 5.56 Å². The van der Waals surface area contributed by atoms with Gasteiger partial charge in [-0.15, -0.1) is 0 Å². The van der Waals surface area contributed by atoms with Crippen molar-refractivity contribution >= 4 is 11.6 Å². The Morgan fingerprint density at radius 2 is 2.10 bits per heavy atom. The molecule has 0 atom stereocenters. The SMILES string of the molecule is CCNCc1cccc(NC(=O)c2ccc[nH]c2=O)c1. The summed E-state index contributed by atoms with van der Waals surface area (Å²) in [6, 6.07) is 10.7. The van der Waals surface area contributed by atoms with E-state index in [-0.39, 0.29) is 5.56 Å². The lowest BCUT2D eigenvalue weighted by Gasteiger charge is -2.07. The Morgan fingerprint density at radius 3 is 2.85 bits per heavy atom. The Morgan fingerprint density at radius 1 is 1.25 bits per heavy atom. The first-order chi connectivity index (χ1) is 9.70. The van der Waals surface area contributed by atoms with Gasteiger partial charge in [0.05, 0.1) is 0 Å². The maximum absolute atomic E-state index is 12.0. The first kappa shape index (κ1) is 14.0. The number of hydrogen-bond acceptors (Lipinski definition) is 3. The van der Waals surface area contributed by atoms with Crippen LogP contribution in [0.3, 0.4) is 0 Å². The number of carbonyl (C=O) groups is 1. The lowest BCUT2D eigenvalue weighted by Crippen LogP contribution is -2.22. The number of aromatic nitrogens is 1. The largest absolute Gasteiger partial charge is 0.328 e. The summed E-state index contributed by atoms with van der Waals surface area (Å²) >= 11 is 0. The second kappa shape index (κ2) is 6.68. The fraction of sp³-hybridized carbons (Fsp3) is 0.200. The minimum absolute atomic E-state index is 0.101. The third-order valence-corrected chi connectivity index (χ3v) is 2.83. The lowest BCUT2D eigenvalue weighted by molar-refractivity contribution is 0.102. The Hall–Kier alpha value is -2.40. The minimum Gasteiger partial charge on any atom is -0.328 e. The van der Waals surface area contributed by atoms with Crippen molar-refractivity contribution in [1.82, 2.24) is 10.3 Å². The van der Waals surface area contributed by atoms with E-state index in [9.17, 15) is 9.59 Å². The number of benzene rings is 1. The average molecular weight is 271 g/mol. The zero-order valence-corrected chi connectivity index (χ0v) is 11.3. The molecular formula is C15H17N3O2. The minimum atomic E-state index is -0.410. The summed E-state index contributed by atoms with van der Waals surface area (Å²) in [4.78, 5) is 26.0. The molecule has 0 aliphatic carbocycles. The van der Waals surface area contributed by atoms with Crippen molar-refractivity contribution in [1.29, 1.82) is 0 Å². The molecule has 1 aromatic carbocycles. The summed E-state index contributed by atoms with van der Waals surface area (Å²) in [7, 11) is 0. The second-order valence-corrected chi connectivity index (χ2v) is 4.35. The molecule has 5 heteroatoms. The summed E-state index contributed by atoms with van der Waals surface area (Å²) < 4.78 is 0. The number of aromatic amines is 1. The molecule has 0 saturated carbocycles. The number of H-pyrrole nitrogens is 1. The predicted octanol–water partition coefficient (Wildman–Crippen LogP) is 1.74. The lowest BCUT2D eigenvalue weighted by atomic mass is 10.2. The molecule has 5 nitrogen and oxygen atoms in total. The number of carbonyl (C=O) groups excluding carboxylic acids is 1. The molecule has 2 aromatic rings. The van der Waals surface area contributed by atoms with Crippen LogP contribution in [0.25, 0.3) is 0 Å². The topological polar surface area (TPSA) is 74.0 Å². The molecule has 0 aliphatic rings. The number of nitrogens with one attached hydrogen (secondary N) is 3. The number of hydrogen-bond donors (Lipinski definition) is 3. The van der Waals surface area contributed by atoms with Crippen LogP contribution in [0, 0.1) is 0 Å². The molecule has 0 bridgehead atoms. The standard InChI is InChI=1S/C15H17N3O2/c1-2-16-10-11-5-3-6-12(9-11)18-15(20)13-7-4-8-17-14(13)19/h3-9,16H,2,10H2,1H3,(H,17,19)(H,18,20). The van der Waals surface area contributed by atoms with Gasteiger partial charge in [0.25, 0.3) is 11.5 Å². The highest BCUT2D eigenvalue weighted by molar-refractivity contribution is 6.03. The monoisotopic (exact) mass is 271 g/mol. The molecule has 1 amide bonds. The molecule has 0 saturated heterocycles. The van der Waals surface area contributed by atoms with Gasteiger partial charge in [-0.05, 0) is 36.4 Å². The van der Waals surface area contributed by atoms with Crippen molar-refractivity contribution in [2.75, 3.05) is 11.9 Å². The Labute approximate surface area is 117 Å². The highest BCUT2D eigenvalue weighted by atomic mass is 16.2. The molecule has 1 heterocycles. The van der Waals surface area contributed by atoms with E-state index in [4.69, 9.17) is 0 Å². The maximum atomic E-state index is 12.0. The van der Waals surface area contributed by atoms with E-state index >= 15 is 0 Å². The molecule has 0 fully saturated rings. The van der Waals surface area contributed by atoms with E-state index in [0.717, 1.165) is 18.7 Å². The fourth-order valence-corrected chi connectivity index (χ4v) is 1.83. The van der Waals surface area contributed by atoms with Gasteiger partial charge in [0.15, 0.2) is 0 Å². The van der Waals surface area contributed by atoms with E-state index in [1.165, 1.54) is 12.3 Å². The molecule has 0 spiro atoms. The maximum Gasteiger partial charge on any atom is 0.261 e. The van der Waals surface area contributed by atoms with Crippen molar-refractivity contribution in [2.24, 2.45) is 0 Å². The summed E-state index contributed by atoms with van der Waals surface area (Å²) in [5.41, 5.74) is 1.46. The van der Waals surface area contributed by atoms with Gasteiger partial charge in [0, 0.05) is 18.4 Å². The van der Waals surface area contributed by atoms with Gasteiger partial charge in [0.2, 0.25) is 0 Å². The van der Waals surface area contributed by atoms with Crippen molar-refractivity contribution in [3.05, 3.63) is 64.1 Å². The molecule has 0 unspecified atom stereocenters. The molecule has 0 aliphatic heterocycles. The van der Waals surface area contributed by atoms with Crippen LogP contribution >= 0.6 is 0 Å². The molecule has 1 aromatic heterocycles. The van der Waals surface area contributed by atoms with Gasteiger partial charge in [-0.25, -0.2) is 0 Å². The highest BCUT2D eigenvalue weighted by Crippen LogP contribution is 2.11. The van der Waals surface area contributed by atoms with Gasteiger partial charge in [-0.2, -0.15) is 0 Å². The Kier molecular flexibility index (Phi) is 4.68. The summed E-state index contributed by atoms with van der Waals surface area (Å²) in [5, 5.41) is 5.95. The van der Waals surface area contributed by atoms with Gasteiger partial charge >= 0.3 is 0 Å². The van der Waals surface area contributed by atoms with Crippen LogP contribution in [0.2, 0.25) is 0 Å². The van der Waals surface area contributed by atoms with E-state index in [0.29, 0.717) is 5.69 Å². The second-order valence-electron chi connectivity index (χ2n) is 4.35. The average Bonchev–Trinajstić information content (AvgIpc) is 2.46. The third-order valence-electron chi connectivity index (χ3n) is 2.83. The number of rotatable bonds is 5. The van der Waals surface area contributed by atoms with Crippen molar-refractivity contribution < 1.29 is 4.79 Å². The first-order valence-corrected chi connectivity index (χ1v) is 6.49. The van der Waals surface area contributed by atoms with Crippen LogP contribution in [0.1, 0.15) is 22.8 Å². The van der Waals surface area contributed by atoms with Crippen LogP contribution in [-0.2, 0) is 6.54 Å². The summed E-state index contributed by atoms with van der Waals surface area (Å²) in [6.45, 7) is 3.66. The van der Waals surface area contributed by atoms with Gasteiger partial charge < -0.3 is 15.6 Å². The number of anilines is 1. The summed E-state index contributed by atoms with van der Waals surface area (Å²) in [6.07, 6.45) is 1.50. The van der Waals surface area contributed by atoms with Gasteiger partial charge in [-0.3, -0.25) is 9.59 Å². The zero-order chi connectivity index (χ0) is 14.4. The van der Waals surface area contributed by atoms with Crippen LogP contribution in [0.5, 0.6) is 0 Å². The molecule has 20 heavy (non-hydrogen) atoms. The van der Waals surface area contributed by atoms with Crippen LogP contribution in [-0.4, -0.2) is 17.4 Å². The van der Waals surface area contributed by atoms with Crippen molar-refractivity contribution in [2.45, 2.75) is 13.5 Å². The fourth-order valence-electron chi connectivity index (χ4n) is 1.83. The highest BCUT2D eigenvalue weighted by Gasteiger charge is 2.09. The Bertz CT molecular complexity index is 649. The predicted molar refractivity (Wildman–Crippen MR) is 78.8 cm³/mol. The smallest absolute Gasteiger partial charge is 0.261 e. The molecular weight excluding hydrogens is 254 g/mol. The van der Waals surface area contributed by atoms with Crippen LogP contribution in [0.15, 0.2) is 47.4 Å². The van der Waals surface area contributed by atoms with E-state index in [1.807, 2.05) is 25.1 Å². The number of amides is 1. The third kappa shape index (κ3) is 3.55. The van der Waals surface area contributed by atoms with Crippen LogP contribution in [0.4, 0.5) is 5.69 Å². The molecule has 2 rings (SSSR count). The number of pyridine rings is 1. The summed E-state index contributed by atoms with van der Waals surface area (Å²) in [5.74, 6) is -0.410. The van der Waals surface area contributed by atoms with Crippen LogP contribution < -0.4 is 16.2 Å². The zero-order valence-electron chi connectivity index (χ0n) is 11.3. The quantitative estimate of drug-likeness (QED) is 0.775. The van der Waals surface area contributed by atoms with Crippen molar-refractivity contribution in [3.8, 4) is 0 Å². The molecule has 0 radical (unpaired) electrons. The van der Waals surface area contributed by atoms with Crippen molar-refractivity contribution in [3.63, 3.8) is 0 Å². The van der Waals surface area contributed by atoms with Gasteiger partial charge in [-0.1, -0.05) is 19.1 Å².